The van der Waals surface area contributed by atoms with Gasteiger partial charge in [-0.05, 0) is 24.7 Å². The van der Waals surface area contributed by atoms with Crippen LogP contribution >= 0.6 is 0 Å². The highest BCUT2D eigenvalue weighted by Gasteiger charge is 2.23. The first kappa shape index (κ1) is 13.4. The first-order chi connectivity index (χ1) is 7.41. The van der Waals surface area contributed by atoms with Gasteiger partial charge >= 0.3 is 0 Å². The van der Waals surface area contributed by atoms with Gasteiger partial charge in [-0.1, -0.05) is 39.8 Å². The van der Waals surface area contributed by atoms with Gasteiger partial charge in [0.05, 0.1) is 6.61 Å². The van der Waals surface area contributed by atoms with E-state index < -0.39 is 0 Å². The van der Waals surface area contributed by atoms with Crippen molar-refractivity contribution in [3.8, 4) is 0 Å². The fraction of sp³-hybridized carbons (Fsp3) is 0.786. The predicted octanol–water partition coefficient (Wildman–Crippen LogP) is 3.22. The van der Waals surface area contributed by atoms with Gasteiger partial charge in [-0.2, -0.15) is 0 Å². The Balaban J connectivity index is 2.25. The Morgan fingerprint density at radius 3 is 2.50 bits per heavy atom. The molecule has 0 fully saturated rings. The summed E-state index contributed by atoms with van der Waals surface area (Å²) in [6.07, 6.45) is 6.69. The summed E-state index contributed by atoms with van der Waals surface area (Å²) in [6.45, 7) is 9.03. The minimum atomic E-state index is -0.280. The maximum atomic E-state index is 11.6. The van der Waals surface area contributed by atoms with Gasteiger partial charge in [0, 0.05) is 5.41 Å². The van der Waals surface area contributed by atoms with E-state index in [1.165, 1.54) is 0 Å². The summed E-state index contributed by atoms with van der Waals surface area (Å²) in [4.78, 5) is 11.6. The number of carbonyl (C=O) groups is 1. The van der Waals surface area contributed by atoms with E-state index >= 15 is 0 Å². The van der Waals surface area contributed by atoms with Crippen molar-refractivity contribution in [1.29, 1.82) is 0 Å². The van der Waals surface area contributed by atoms with Crippen LogP contribution < -0.4 is 0 Å². The van der Waals surface area contributed by atoms with Crippen LogP contribution in [0.2, 0.25) is 0 Å². The molecule has 2 unspecified atom stereocenters. The lowest BCUT2D eigenvalue weighted by Gasteiger charge is -2.25. The molecule has 0 bridgehead atoms. The van der Waals surface area contributed by atoms with Crippen LogP contribution in [0, 0.1) is 17.3 Å². The molecule has 0 saturated heterocycles. The monoisotopic (exact) mass is 224 g/mol. The first-order valence-corrected chi connectivity index (χ1v) is 6.17. The lowest BCUT2D eigenvalue weighted by atomic mass is 9.85. The van der Waals surface area contributed by atoms with E-state index in [-0.39, 0.29) is 17.8 Å². The molecule has 2 heteroatoms. The van der Waals surface area contributed by atoms with Crippen molar-refractivity contribution in [2.75, 3.05) is 13.2 Å². The van der Waals surface area contributed by atoms with E-state index in [4.69, 9.17) is 4.74 Å². The van der Waals surface area contributed by atoms with Crippen molar-refractivity contribution in [3.63, 3.8) is 0 Å². The van der Waals surface area contributed by atoms with Crippen molar-refractivity contribution < 1.29 is 9.53 Å². The van der Waals surface area contributed by atoms with Crippen molar-refractivity contribution in [2.45, 2.75) is 40.5 Å². The molecule has 0 aromatic carbocycles. The maximum Gasteiger partial charge on any atom is 0.163 e. The molecule has 1 aliphatic rings. The summed E-state index contributed by atoms with van der Waals surface area (Å²) < 4.78 is 5.55. The molecule has 0 radical (unpaired) electrons. The van der Waals surface area contributed by atoms with Crippen LogP contribution in [-0.2, 0) is 9.53 Å². The third kappa shape index (κ3) is 4.09. The SMILES string of the molecule is CC1CC=CCC1COCC(=O)C(C)(C)C. The molecule has 1 aliphatic carbocycles. The van der Waals surface area contributed by atoms with Gasteiger partial charge in [0.15, 0.2) is 5.78 Å². The van der Waals surface area contributed by atoms with Crippen LogP contribution in [-0.4, -0.2) is 19.0 Å². The smallest absolute Gasteiger partial charge is 0.163 e. The second kappa shape index (κ2) is 5.62. The Labute approximate surface area is 99.1 Å². The minimum Gasteiger partial charge on any atom is -0.373 e. The molecule has 16 heavy (non-hydrogen) atoms. The molecular formula is C14H24O2. The Kier molecular flexibility index (Phi) is 4.72. The number of carbonyl (C=O) groups excluding carboxylic acids is 1. The quantitative estimate of drug-likeness (QED) is 0.685. The van der Waals surface area contributed by atoms with E-state index in [0.29, 0.717) is 18.4 Å². The molecule has 0 heterocycles. The summed E-state index contributed by atoms with van der Waals surface area (Å²) in [5, 5.41) is 0. The highest BCUT2D eigenvalue weighted by atomic mass is 16.5. The van der Waals surface area contributed by atoms with Gasteiger partial charge in [-0.3, -0.25) is 4.79 Å². The van der Waals surface area contributed by atoms with Gasteiger partial charge in [-0.25, -0.2) is 0 Å². The van der Waals surface area contributed by atoms with Crippen molar-refractivity contribution in [3.05, 3.63) is 12.2 Å². The van der Waals surface area contributed by atoms with Crippen LogP contribution in [0.4, 0.5) is 0 Å². The van der Waals surface area contributed by atoms with Gasteiger partial charge < -0.3 is 4.74 Å². The van der Waals surface area contributed by atoms with Crippen LogP contribution in [0.3, 0.4) is 0 Å². The lowest BCUT2D eigenvalue weighted by molar-refractivity contribution is -0.131. The lowest BCUT2D eigenvalue weighted by Crippen LogP contribution is -2.27. The van der Waals surface area contributed by atoms with Gasteiger partial charge in [0.2, 0.25) is 0 Å². The second-order valence-electron chi connectivity index (χ2n) is 5.87. The number of hydrogen-bond acceptors (Lipinski definition) is 2. The number of Topliss-reactive ketones (excluding diaryl/α,β-unsaturated/α-hetero) is 1. The average Bonchev–Trinajstić information content (AvgIpc) is 2.19. The van der Waals surface area contributed by atoms with E-state index in [2.05, 4.69) is 19.1 Å². The zero-order chi connectivity index (χ0) is 12.2. The zero-order valence-corrected chi connectivity index (χ0v) is 11.0. The number of allylic oxidation sites excluding steroid dienone is 2. The third-order valence-electron chi connectivity index (χ3n) is 3.32. The van der Waals surface area contributed by atoms with Crippen LogP contribution in [0.25, 0.3) is 0 Å². The molecule has 2 nitrogen and oxygen atoms in total. The number of rotatable bonds is 4. The Hall–Kier alpha value is -0.630. The Bertz CT molecular complexity index is 260. The number of hydrogen-bond donors (Lipinski definition) is 0. The van der Waals surface area contributed by atoms with E-state index in [1.54, 1.807) is 0 Å². The number of ketones is 1. The van der Waals surface area contributed by atoms with Crippen LogP contribution in [0.5, 0.6) is 0 Å². The molecule has 92 valence electrons. The average molecular weight is 224 g/mol. The zero-order valence-electron chi connectivity index (χ0n) is 11.0. The third-order valence-corrected chi connectivity index (χ3v) is 3.32. The molecule has 0 amide bonds. The Morgan fingerprint density at radius 1 is 1.31 bits per heavy atom. The van der Waals surface area contributed by atoms with Gasteiger partial charge in [0.1, 0.15) is 6.61 Å². The summed E-state index contributed by atoms with van der Waals surface area (Å²) >= 11 is 0. The van der Waals surface area contributed by atoms with Crippen LogP contribution in [0.15, 0.2) is 12.2 Å². The molecule has 0 aliphatic heterocycles. The summed E-state index contributed by atoms with van der Waals surface area (Å²) in [5.74, 6) is 1.44. The molecular weight excluding hydrogens is 200 g/mol. The summed E-state index contributed by atoms with van der Waals surface area (Å²) in [6, 6.07) is 0. The predicted molar refractivity (Wildman–Crippen MR) is 66.3 cm³/mol. The molecule has 1 rings (SSSR count). The van der Waals surface area contributed by atoms with E-state index in [1.807, 2.05) is 20.8 Å². The highest BCUT2D eigenvalue weighted by molar-refractivity contribution is 5.84. The minimum absolute atomic E-state index is 0.187. The molecule has 0 aromatic heterocycles. The topological polar surface area (TPSA) is 26.3 Å². The largest absolute Gasteiger partial charge is 0.373 e. The molecule has 0 spiro atoms. The molecule has 0 N–H and O–H groups in total. The van der Waals surface area contributed by atoms with Crippen molar-refractivity contribution in [1.82, 2.24) is 0 Å². The van der Waals surface area contributed by atoms with Crippen LogP contribution in [0.1, 0.15) is 40.5 Å². The van der Waals surface area contributed by atoms with E-state index in [0.717, 1.165) is 12.8 Å². The van der Waals surface area contributed by atoms with Crippen molar-refractivity contribution in [2.24, 2.45) is 17.3 Å². The number of ether oxygens (including phenoxy) is 1. The van der Waals surface area contributed by atoms with Gasteiger partial charge in [0.25, 0.3) is 0 Å². The Morgan fingerprint density at radius 2 is 1.94 bits per heavy atom. The first-order valence-electron chi connectivity index (χ1n) is 6.17. The molecule has 0 saturated carbocycles. The standard InChI is InChI=1S/C14H24O2/c1-11-7-5-6-8-12(11)9-16-10-13(15)14(2,3)4/h5-6,11-12H,7-10H2,1-4H3. The summed E-state index contributed by atoms with van der Waals surface area (Å²) in [7, 11) is 0. The maximum absolute atomic E-state index is 11.6. The summed E-state index contributed by atoms with van der Waals surface area (Å²) in [5.41, 5.74) is -0.280. The normalized spacial score (nSPS) is 25.8. The molecule has 0 aromatic rings. The van der Waals surface area contributed by atoms with Gasteiger partial charge in [-0.15, -0.1) is 0 Å². The van der Waals surface area contributed by atoms with E-state index in [9.17, 15) is 4.79 Å². The second-order valence-corrected chi connectivity index (χ2v) is 5.87. The fourth-order valence-electron chi connectivity index (χ4n) is 1.76. The fourth-order valence-corrected chi connectivity index (χ4v) is 1.76. The van der Waals surface area contributed by atoms with Crippen molar-refractivity contribution >= 4 is 5.78 Å². The highest BCUT2D eigenvalue weighted by Crippen LogP contribution is 2.25. The molecule has 2 atom stereocenters.